The molecule has 1 amide bonds. The van der Waals surface area contributed by atoms with Crippen LogP contribution in [0, 0.1) is 0 Å². The third kappa shape index (κ3) is 4.57. The molecule has 36 heavy (non-hydrogen) atoms. The van der Waals surface area contributed by atoms with Crippen LogP contribution in [0.4, 0.5) is 14.5 Å². The van der Waals surface area contributed by atoms with Crippen molar-refractivity contribution in [3.8, 4) is 11.3 Å². The summed E-state index contributed by atoms with van der Waals surface area (Å²) in [6, 6.07) is 15.8. The van der Waals surface area contributed by atoms with Crippen LogP contribution in [0.15, 0.2) is 71.8 Å². The van der Waals surface area contributed by atoms with Gasteiger partial charge in [-0.2, -0.15) is 9.40 Å². The highest BCUT2D eigenvalue weighted by Crippen LogP contribution is 2.27. The molecule has 0 atom stereocenters. The second-order valence-electron chi connectivity index (χ2n) is 8.02. The molecule has 12 heteroatoms. The minimum Gasteiger partial charge on any atom is -0.379 e. The van der Waals surface area contributed by atoms with Crippen LogP contribution in [0.3, 0.4) is 0 Å². The minimum absolute atomic E-state index is 0.000282. The number of alkyl halides is 2. The van der Waals surface area contributed by atoms with Crippen LogP contribution in [0.2, 0.25) is 0 Å². The number of nitrogens with zero attached hydrogens (tertiary/aromatic N) is 4. The van der Waals surface area contributed by atoms with E-state index in [1.54, 1.807) is 30.3 Å². The summed E-state index contributed by atoms with van der Waals surface area (Å²) in [5, 5.41) is 6.61. The molecule has 1 aliphatic rings. The number of benzene rings is 2. The zero-order valence-corrected chi connectivity index (χ0v) is 19.7. The van der Waals surface area contributed by atoms with Gasteiger partial charge in [-0.15, -0.1) is 0 Å². The van der Waals surface area contributed by atoms with E-state index in [4.69, 9.17) is 4.74 Å². The highest BCUT2D eigenvalue weighted by molar-refractivity contribution is 7.89. The van der Waals surface area contributed by atoms with E-state index < -0.39 is 28.0 Å². The summed E-state index contributed by atoms with van der Waals surface area (Å²) in [6.45, 7) is 1.21. The number of hydrogen-bond donors (Lipinski definition) is 1. The van der Waals surface area contributed by atoms with E-state index in [0.29, 0.717) is 24.5 Å². The first-order valence-corrected chi connectivity index (χ1v) is 12.5. The molecule has 0 unspecified atom stereocenters. The summed E-state index contributed by atoms with van der Waals surface area (Å²) in [7, 11) is -3.68. The fourth-order valence-corrected chi connectivity index (χ4v) is 5.31. The van der Waals surface area contributed by atoms with Crippen LogP contribution in [0.5, 0.6) is 0 Å². The van der Waals surface area contributed by atoms with Gasteiger partial charge in [0.1, 0.15) is 11.3 Å². The predicted molar refractivity (Wildman–Crippen MR) is 127 cm³/mol. The number of halogens is 2. The number of fused-ring (bicyclic) bond motifs is 1. The molecule has 2 aromatic carbocycles. The van der Waals surface area contributed by atoms with Crippen LogP contribution in [0.1, 0.15) is 22.5 Å². The minimum atomic E-state index is -3.68. The molecule has 1 aliphatic heterocycles. The SMILES string of the molecule is O=C(Nc1ccc(S(=O)(=O)N2CCOCC2)cc1)c1cnn2c(C(F)F)cc(-c3ccccc3)nc12. The summed E-state index contributed by atoms with van der Waals surface area (Å²) in [5.41, 5.74) is 0.816. The van der Waals surface area contributed by atoms with E-state index in [2.05, 4.69) is 15.4 Å². The summed E-state index contributed by atoms with van der Waals surface area (Å²) in [4.78, 5) is 17.5. The molecule has 0 radical (unpaired) electrons. The number of carbonyl (C=O) groups excluding carboxylic acids is 1. The van der Waals surface area contributed by atoms with Gasteiger partial charge in [-0.05, 0) is 30.3 Å². The molecule has 0 aliphatic carbocycles. The number of sulfonamides is 1. The van der Waals surface area contributed by atoms with Gasteiger partial charge in [-0.3, -0.25) is 4.79 Å². The standard InChI is InChI=1S/C24H21F2N5O4S/c25-22(26)21-14-20(16-4-2-1-3-5-16)29-23-19(15-27-31(21)23)24(32)28-17-6-8-18(9-7-17)36(33,34)30-10-12-35-13-11-30/h1-9,14-15,22H,10-13H2,(H,28,32). The number of anilines is 1. The Bertz CT molecular complexity index is 1500. The number of rotatable bonds is 6. The first-order chi connectivity index (χ1) is 17.3. The monoisotopic (exact) mass is 513 g/mol. The van der Waals surface area contributed by atoms with Crippen molar-refractivity contribution in [1.29, 1.82) is 0 Å². The number of carbonyl (C=O) groups is 1. The van der Waals surface area contributed by atoms with Gasteiger partial charge < -0.3 is 10.1 Å². The maximum absolute atomic E-state index is 13.8. The average molecular weight is 514 g/mol. The molecular formula is C24H21F2N5O4S. The maximum atomic E-state index is 13.8. The van der Waals surface area contributed by atoms with Gasteiger partial charge in [0.05, 0.1) is 30.0 Å². The van der Waals surface area contributed by atoms with Crippen LogP contribution in [-0.4, -0.2) is 59.5 Å². The van der Waals surface area contributed by atoms with Crippen molar-refractivity contribution < 1.29 is 26.7 Å². The van der Waals surface area contributed by atoms with Gasteiger partial charge in [0.15, 0.2) is 5.65 Å². The van der Waals surface area contributed by atoms with Crippen LogP contribution >= 0.6 is 0 Å². The molecule has 1 fully saturated rings. The molecule has 2 aromatic heterocycles. The van der Waals surface area contributed by atoms with Crippen molar-refractivity contribution >= 4 is 27.3 Å². The third-order valence-corrected chi connectivity index (χ3v) is 7.67. The summed E-state index contributed by atoms with van der Waals surface area (Å²) >= 11 is 0. The molecule has 186 valence electrons. The molecule has 4 aromatic rings. The van der Waals surface area contributed by atoms with E-state index in [-0.39, 0.29) is 34.9 Å². The van der Waals surface area contributed by atoms with E-state index >= 15 is 0 Å². The number of nitrogens with one attached hydrogen (secondary N) is 1. The fourth-order valence-electron chi connectivity index (χ4n) is 3.90. The highest BCUT2D eigenvalue weighted by atomic mass is 32.2. The first kappa shape index (κ1) is 24.0. The lowest BCUT2D eigenvalue weighted by atomic mass is 10.1. The van der Waals surface area contributed by atoms with Crippen LogP contribution in [0.25, 0.3) is 16.9 Å². The van der Waals surface area contributed by atoms with Gasteiger partial charge >= 0.3 is 0 Å². The largest absolute Gasteiger partial charge is 0.379 e. The highest BCUT2D eigenvalue weighted by Gasteiger charge is 2.26. The molecule has 0 bridgehead atoms. The normalized spacial score (nSPS) is 14.9. The molecule has 0 spiro atoms. The average Bonchev–Trinajstić information content (AvgIpc) is 3.33. The Morgan fingerprint density at radius 3 is 2.39 bits per heavy atom. The smallest absolute Gasteiger partial charge is 0.280 e. The quantitative estimate of drug-likeness (QED) is 0.422. The number of ether oxygens (including phenoxy) is 1. The van der Waals surface area contributed by atoms with Crippen molar-refractivity contribution in [2.75, 3.05) is 31.6 Å². The summed E-state index contributed by atoms with van der Waals surface area (Å²) < 4.78 is 60.6. The Morgan fingerprint density at radius 1 is 1.03 bits per heavy atom. The van der Waals surface area contributed by atoms with E-state index in [1.165, 1.54) is 40.8 Å². The van der Waals surface area contributed by atoms with Crippen LogP contribution < -0.4 is 5.32 Å². The Labute approximate surface area is 205 Å². The topological polar surface area (TPSA) is 106 Å². The van der Waals surface area contributed by atoms with Crippen molar-refractivity contribution in [1.82, 2.24) is 18.9 Å². The first-order valence-electron chi connectivity index (χ1n) is 11.1. The van der Waals surface area contributed by atoms with Crippen molar-refractivity contribution in [3.05, 3.63) is 78.1 Å². The Balaban J connectivity index is 1.43. The van der Waals surface area contributed by atoms with E-state index in [0.717, 1.165) is 4.52 Å². The number of morpholine rings is 1. The van der Waals surface area contributed by atoms with Gasteiger partial charge in [0.25, 0.3) is 12.3 Å². The lowest BCUT2D eigenvalue weighted by Gasteiger charge is -2.26. The molecule has 1 N–H and O–H groups in total. The predicted octanol–water partition coefficient (Wildman–Crippen LogP) is 3.61. The lowest BCUT2D eigenvalue weighted by Crippen LogP contribution is -2.40. The zero-order chi connectivity index (χ0) is 25.3. The maximum Gasteiger partial charge on any atom is 0.280 e. The van der Waals surface area contributed by atoms with E-state index in [9.17, 15) is 22.0 Å². The molecular weight excluding hydrogens is 492 g/mol. The Kier molecular flexibility index (Phi) is 6.48. The zero-order valence-electron chi connectivity index (χ0n) is 18.8. The van der Waals surface area contributed by atoms with Gasteiger partial charge in [-0.1, -0.05) is 30.3 Å². The number of amides is 1. The number of aromatic nitrogens is 3. The number of hydrogen-bond acceptors (Lipinski definition) is 6. The molecule has 5 rings (SSSR count). The molecule has 3 heterocycles. The van der Waals surface area contributed by atoms with Gasteiger partial charge in [0, 0.05) is 24.3 Å². The Morgan fingerprint density at radius 2 is 1.72 bits per heavy atom. The van der Waals surface area contributed by atoms with Crippen LogP contribution in [-0.2, 0) is 14.8 Å². The van der Waals surface area contributed by atoms with Gasteiger partial charge in [0.2, 0.25) is 10.0 Å². The fraction of sp³-hybridized carbons (Fsp3) is 0.208. The molecule has 0 saturated carbocycles. The van der Waals surface area contributed by atoms with Crippen molar-refractivity contribution in [2.45, 2.75) is 11.3 Å². The van der Waals surface area contributed by atoms with Crippen molar-refractivity contribution in [3.63, 3.8) is 0 Å². The van der Waals surface area contributed by atoms with Crippen molar-refractivity contribution in [2.24, 2.45) is 0 Å². The second kappa shape index (κ2) is 9.72. The third-order valence-electron chi connectivity index (χ3n) is 5.76. The summed E-state index contributed by atoms with van der Waals surface area (Å²) in [5.74, 6) is -0.619. The lowest BCUT2D eigenvalue weighted by molar-refractivity contribution is 0.0730. The molecule has 1 saturated heterocycles. The molecule has 9 nitrogen and oxygen atoms in total. The second-order valence-corrected chi connectivity index (χ2v) is 9.96. The summed E-state index contributed by atoms with van der Waals surface area (Å²) in [6.07, 6.45) is -1.66. The van der Waals surface area contributed by atoms with E-state index in [1.807, 2.05) is 0 Å². The Hall–Kier alpha value is -3.74. The van der Waals surface area contributed by atoms with Gasteiger partial charge in [-0.25, -0.2) is 26.7 Å².